The number of rotatable bonds is 11. The largest absolute Gasteiger partial charge is 0.497 e. The average molecular weight is 527 g/mol. The number of nitrogens with one attached hydrogen (secondary N) is 1. The van der Waals surface area contributed by atoms with Gasteiger partial charge >= 0.3 is 0 Å². The van der Waals surface area contributed by atoms with Crippen LogP contribution in [0.2, 0.25) is 0 Å². The van der Waals surface area contributed by atoms with Gasteiger partial charge in [-0.1, -0.05) is 49.4 Å². The second-order valence-corrected chi connectivity index (χ2v) is 9.53. The van der Waals surface area contributed by atoms with Crippen LogP contribution in [0.4, 0.5) is 4.39 Å². The number of aryl methyl sites for hydroxylation is 2. The fourth-order valence-electron chi connectivity index (χ4n) is 4.88. The van der Waals surface area contributed by atoms with Gasteiger partial charge in [0, 0.05) is 31.3 Å². The number of hydrogen-bond donors (Lipinski definition) is 1. The van der Waals surface area contributed by atoms with Gasteiger partial charge in [-0.2, -0.15) is 0 Å². The number of benzene rings is 3. The van der Waals surface area contributed by atoms with E-state index in [4.69, 9.17) is 4.74 Å². The summed E-state index contributed by atoms with van der Waals surface area (Å²) in [5, 5.41) is 13.6. The fourth-order valence-corrected chi connectivity index (χ4v) is 4.88. The molecule has 0 aliphatic heterocycles. The quantitative estimate of drug-likeness (QED) is 0.259. The first kappa shape index (κ1) is 26.2. The van der Waals surface area contributed by atoms with Crippen LogP contribution in [0.15, 0.2) is 83.7 Å². The summed E-state index contributed by atoms with van der Waals surface area (Å²) < 4.78 is 20.8. The average Bonchev–Trinajstić information content (AvgIpc) is 3.42. The van der Waals surface area contributed by atoms with E-state index in [1.807, 2.05) is 47.1 Å². The highest BCUT2D eigenvalue weighted by molar-refractivity contribution is 5.80. The zero-order valence-electron chi connectivity index (χ0n) is 22.0. The van der Waals surface area contributed by atoms with Gasteiger partial charge in [-0.3, -0.25) is 9.69 Å². The molecule has 0 aliphatic rings. The molecular formula is C30H31FN6O2. The zero-order chi connectivity index (χ0) is 27.2. The Morgan fingerprint density at radius 2 is 1.79 bits per heavy atom. The minimum absolute atomic E-state index is 0.168. The van der Waals surface area contributed by atoms with Crippen LogP contribution in [-0.4, -0.2) is 37.2 Å². The number of nitrogens with zero attached hydrogens (tertiary/aromatic N) is 5. The monoisotopic (exact) mass is 526 g/mol. The van der Waals surface area contributed by atoms with Crippen LogP contribution in [-0.2, 0) is 26.1 Å². The van der Waals surface area contributed by atoms with Crippen molar-refractivity contribution in [1.29, 1.82) is 0 Å². The van der Waals surface area contributed by atoms with Crippen molar-refractivity contribution in [2.75, 3.05) is 7.11 Å². The van der Waals surface area contributed by atoms with Crippen LogP contribution >= 0.6 is 0 Å². The molecule has 9 heteroatoms. The van der Waals surface area contributed by atoms with Crippen molar-refractivity contribution in [2.24, 2.45) is 0 Å². The van der Waals surface area contributed by atoms with Crippen LogP contribution in [0.25, 0.3) is 10.9 Å². The molecule has 1 atom stereocenters. The summed E-state index contributed by atoms with van der Waals surface area (Å²) in [6.07, 6.45) is 1.51. The lowest BCUT2D eigenvalue weighted by molar-refractivity contribution is 0.160. The molecule has 0 aliphatic carbocycles. The smallest absolute Gasteiger partial charge is 0.252 e. The molecule has 3 aromatic carbocycles. The number of halogens is 1. The van der Waals surface area contributed by atoms with Crippen LogP contribution in [0.5, 0.6) is 5.75 Å². The lowest BCUT2D eigenvalue weighted by Crippen LogP contribution is -2.32. The van der Waals surface area contributed by atoms with Gasteiger partial charge in [-0.25, -0.2) is 9.07 Å². The molecule has 0 amide bonds. The summed E-state index contributed by atoms with van der Waals surface area (Å²) in [7, 11) is 1.60. The highest BCUT2D eigenvalue weighted by Gasteiger charge is 2.26. The van der Waals surface area contributed by atoms with Crippen molar-refractivity contribution in [1.82, 2.24) is 30.1 Å². The Morgan fingerprint density at radius 1 is 1.00 bits per heavy atom. The summed E-state index contributed by atoms with van der Waals surface area (Å²) in [6, 6.07) is 24.0. The Balaban J connectivity index is 1.47. The summed E-state index contributed by atoms with van der Waals surface area (Å²) in [5.74, 6) is 1.12. The van der Waals surface area contributed by atoms with Gasteiger partial charge in [0.25, 0.3) is 5.56 Å². The molecule has 2 aromatic heterocycles. The molecule has 0 saturated heterocycles. The minimum Gasteiger partial charge on any atom is -0.497 e. The van der Waals surface area contributed by atoms with Gasteiger partial charge in [0.15, 0.2) is 5.82 Å². The first-order valence-corrected chi connectivity index (χ1v) is 13.0. The Kier molecular flexibility index (Phi) is 8.07. The Hall–Kier alpha value is -4.37. The molecule has 0 radical (unpaired) electrons. The maximum Gasteiger partial charge on any atom is 0.252 e. The normalized spacial score (nSPS) is 12.2. The molecule has 200 valence electrons. The number of hydrogen-bond acceptors (Lipinski definition) is 6. The molecule has 1 N–H and O–H groups in total. The second-order valence-electron chi connectivity index (χ2n) is 9.53. The number of tetrazole rings is 1. The van der Waals surface area contributed by atoms with E-state index in [0.717, 1.165) is 29.6 Å². The third-order valence-corrected chi connectivity index (χ3v) is 6.94. The zero-order valence-corrected chi connectivity index (χ0v) is 22.0. The van der Waals surface area contributed by atoms with Gasteiger partial charge in [0.05, 0.1) is 18.7 Å². The molecule has 0 fully saturated rings. The number of H-pyrrole nitrogens is 1. The molecule has 2 heterocycles. The molecule has 1 unspecified atom stereocenters. The third-order valence-electron chi connectivity index (χ3n) is 6.94. The number of methoxy groups -OCH3 is 1. The Morgan fingerprint density at radius 3 is 2.54 bits per heavy atom. The van der Waals surface area contributed by atoms with E-state index in [-0.39, 0.29) is 17.4 Å². The summed E-state index contributed by atoms with van der Waals surface area (Å²) >= 11 is 0. The van der Waals surface area contributed by atoms with Crippen LogP contribution in [0.3, 0.4) is 0 Å². The van der Waals surface area contributed by atoms with Crippen molar-refractivity contribution >= 4 is 10.9 Å². The fraction of sp³-hybridized carbons (Fsp3) is 0.267. The van der Waals surface area contributed by atoms with Gasteiger partial charge in [0.2, 0.25) is 0 Å². The Bertz CT molecular complexity index is 1580. The van der Waals surface area contributed by atoms with Gasteiger partial charge in [0.1, 0.15) is 11.6 Å². The van der Waals surface area contributed by atoms with E-state index < -0.39 is 0 Å². The van der Waals surface area contributed by atoms with Crippen LogP contribution < -0.4 is 10.3 Å². The SMILES string of the molecule is CCC(c1nnnn1CCc1ccccc1)N(Cc1ccc(F)cc1)Cc1cc2ccc(OC)cc2[nH]c1=O. The molecule has 5 aromatic rings. The summed E-state index contributed by atoms with van der Waals surface area (Å²) in [4.78, 5) is 18.3. The first-order valence-electron chi connectivity index (χ1n) is 13.0. The van der Waals surface area contributed by atoms with E-state index in [1.165, 1.54) is 17.7 Å². The third kappa shape index (κ3) is 6.21. The molecule has 0 saturated carbocycles. The molecule has 5 rings (SSSR count). The van der Waals surface area contributed by atoms with Crippen molar-refractivity contribution in [3.8, 4) is 5.75 Å². The van der Waals surface area contributed by atoms with Gasteiger partial charge in [-0.15, -0.1) is 5.10 Å². The van der Waals surface area contributed by atoms with E-state index in [2.05, 4.69) is 44.5 Å². The molecule has 39 heavy (non-hydrogen) atoms. The first-order chi connectivity index (χ1) is 19.0. The summed E-state index contributed by atoms with van der Waals surface area (Å²) in [5.41, 5.74) is 3.30. The Labute approximate surface area is 226 Å². The highest BCUT2D eigenvalue weighted by atomic mass is 19.1. The molecular weight excluding hydrogens is 495 g/mol. The number of ether oxygens (including phenoxy) is 1. The second kappa shape index (κ2) is 12.0. The maximum atomic E-state index is 13.7. The van der Waals surface area contributed by atoms with E-state index >= 15 is 0 Å². The number of aromatic nitrogens is 5. The van der Waals surface area contributed by atoms with Crippen molar-refractivity contribution in [2.45, 2.75) is 45.4 Å². The molecule has 0 spiro atoms. The minimum atomic E-state index is -0.288. The predicted octanol–water partition coefficient (Wildman–Crippen LogP) is 5.06. The standard InChI is InChI=1S/C30H31FN6O2/c1-3-28(29-33-34-35-37(29)16-15-21-7-5-4-6-8-21)36(19-22-9-12-25(31)13-10-22)20-24-17-23-11-14-26(39-2)18-27(23)32-30(24)38/h4-14,17-18,28H,3,15-16,19-20H2,1-2H3,(H,32,38). The maximum absolute atomic E-state index is 13.7. The van der Waals surface area contributed by atoms with Crippen molar-refractivity contribution < 1.29 is 9.13 Å². The molecule has 0 bridgehead atoms. The van der Waals surface area contributed by atoms with Gasteiger partial charge in [-0.05, 0) is 70.1 Å². The summed E-state index contributed by atoms with van der Waals surface area (Å²) in [6.45, 7) is 3.56. The highest BCUT2D eigenvalue weighted by Crippen LogP contribution is 2.27. The number of pyridine rings is 1. The van der Waals surface area contributed by atoms with E-state index in [0.29, 0.717) is 36.5 Å². The molecule has 8 nitrogen and oxygen atoms in total. The number of aromatic amines is 1. The van der Waals surface area contributed by atoms with E-state index in [1.54, 1.807) is 19.2 Å². The van der Waals surface area contributed by atoms with Crippen molar-refractivity contribution in [3.05, 3.63) is 118 Å². The topological polar surface area (TPSA) is 88.9 Å². The lowest BCUT2D eigenvalue weighted by Gasteiger charge is -2.30. The van der Waals surface area contributed by atoms with Crippen molar-refractivity contribution in [3.63, 3.8) is 0 Å². The predicted molar refractivity (Wildman–Crippen MR) is 148 cm³/mol. The van der Waals surface area contributed by atoms with Crippen LogP contribution in [0.1, 0.15) is 41.9 Å². The number of fused-ring (bicyclic) bond motifs is 1. The van der Waals surface area contributed by atoms with Gasteiger partial charge < -0.3 is 9.72 Å². The van der Waals surface area contributed by atoms with Crippen LogP contribution in [0, 0.1) is 5.82 Å². The lowest BCUT2D eigenvalue weighted by atomic mass is 10.1. The van der Waals surface area contributed by atoms with E-state index in [9.17, 15) is 9.18 Å².